The second-order valence-electron chi connectivity index (χ2n) is 7.43. The molecule has 0 radical (unpaired) electrons. The predicted octanol–water partition coefficient (Wildman–Crippen LogP) is 5.58. The first-order valence-electron chi connectivity index (χ1n) is 10.3. The van der Waals surface area contributed by atoms with Crippen molar-refractivity contribution in [3.8, 4) is 22.9 Å². The van der Waals surface area contributed by atoms with Crippen LogP contribution in [0.15, 0.2) is 72.1 Å². The van der Waals surface area contributed by atoms with E-state index in [-0.39, 0.29) is 17.2 Å². The van der Waals surface area contributed by atoms with Crippen LogP contribution in [0.3, 0.4) is 0 Å². The van der Waals surface area contributed by atoms with Crippen molar-refractivity contribution in [2.45, 2.75) is 17.8 Å². The van der Waals surface area contributed by atoms with Crippen molar-refractivity contribution in [1.29, 1.82) is 0 Å². The summed E-state index contributed by atoms with van der Waals surface area (Å²) < 4.78 is 62.8. The van der Waals surface area contributed by atoms with E-state index in [9.17, 15) is 12.8 Å². The first-order chi connectivity index (χ1) is 16.8. The molecular weight excluding hydrogens is 494 g/mol. The number of halogens is 2. The van der Waals surface area contributed by atoms with Gasteiger partial charge in [-0.3, -0.25) is 4.72 Å². The Morgan fingerprint density at radius 3 is 2.51 bits per heavy atom. The van der Waals surface area contributed by atoms with E-state index in [0.717, 1.165) is 0 Å². The van der Waals surface area contributed by atoms with Crippen molar-refractivity contribution in [2.75, 3.05) is 11.0 Å². The van der Waals surface area contributed by atoms with E-state index in [1.54, 1.807) is 54.7 Å². The molecule has 0 aliphatic rings. The van der Waals surface area contributed by atoms with Crippen molar-refractivity contribution in [3.63, 3.8) is 0 Å². The molecule has 0 unspecified atom stereocenters. The van der Waals surface area contributed by atoms with Crippen LogP contribution in [-0.2, 0) is 15.8 Å². The molecule has 4 rings (SSSR count). The number of nitrogens with zero attached hydrogens (tertiary/aromatic N) is 3. The van der Waals surface area contributed by atoms with Gasteiger partial charge in [-0.25, -0.2) is 27.8 Å². The molecule has 0 saturated carbocycles. The maximum absolute atomic E-state index is 15.1. The SMILES string of the molecule is CSc1nccc(-c2cccnc2Oc2c(C)cc(NS(=O)(=O)Cc3ccccc3)c(F)c2F)n1. The normalized spacial score (nSPS) is 11.3. The van der Waals surface area contributed by atoms with Crippen LogP contribution in [0.2, 0.25) is 0 Å². The van der Waals surface area contributed by atoms with Crippen molar-refractivity contribution in [1.82, 2.24) is 15.0 Å². The molecule has 4 aromatic rings. The van der Waals surface area contributed by atoms with Crippen LogP contribution in [0, 0.1) is 18.6 Å². The van der Waals surface area contributed by atoms with Crippen molar-refractivity contribution < 1.29 is 21.9 Å². The number of nitrogens with one attached hydrogen (secondary N) is 1. The smallest absolute Gasteiger partial charge is 0.237 e. The van der Waals surface area contributed by atoms with Gasteiger partial charge in [-0.2, -0.15) is 4.39 Å². The molecule has 2 aromatic heterocycles. The molecule has 0 aliphatic heterocycles. The van der Waals surface area contributed by atoms with Crippen molar-refractivity contribution in [2.24, 2.45) is 0 Å². The fraction of sp³-hybridized carbons (Fsp3) is 0.125. The largest absolute Gasteiger partial charge is 0.435 e. The predicted molar refractivity (Wildman–Crippen MR) is 131 cm³/mol. The summed E-state index contributed by atoms with van der Waals surface area (Å²) in [5.74, 6) is -3.51. The Morgan fingerprint density at radius 1 is 1.00 bits per heavy atom. The first kappa shape index (κ1) is 24.6. The Morgan fingerprint density at radius 2 is 1.77 bits per heavy atom. The van der Waals surface area contributed by atoms with Crippen molar-refractivity contribution >= 4 is 27.5 Å². The molecular formula is C24H20F2N4O3S2. The third-order valence-corrected chi connectivity index (χ3v) is 6.68. The molecule has 180 valence electrons. The van der Waals surface area contributed by atoms with Crippen LogP contribution in [0.25, 0.3) is 11.3 Å². The van der Waals surface area contributed by atoms with E-state index in [1.165, 1.54) is 30.9 Å². The highest BCUT2D eigenvalue weighted by Gasteiger charge is 2.23. The Balaban J connectivity index is 1.64. The lowest BCUT2D eigenvalue weighted by Gasteiger charge is -2.15. The van der Waals surface area contributed by atoms with Crippen LogP contribution in [-0.4, -0.2) is 29.6 Å². The summed E-state index contributed by atoms with van der Waals surface area (Å²) in [6.07, 6.45) is 4.86. The van der Waals surface area contributed by atoms with Gasteiger partial charge in [0.15, 0.2) is 16.7 Å². The van der Waals surface area contributed by atoms with Crippen LogP contribution < -0.4 is 9.46 Å². The summed E-state index contributed by atoms with van der Waals surface area (Å²) in [6.45, 7) is 1.48. The summed E-state index contributed by atoms with van der Waals surface area (Å²) >= 11 is 1.35. The molecule has 2 aromatic carbocycles. The number of sulfonamides is 1. The standard InChI is InChI=1S/C24H20F2N4O3S2/c1-15-13-19(30-35(31,32)14-16-7-4-3-5-8-16)20(25)21(26)22(15)33-23-17(9-6-11-27-23)18-10-12-28-24(29-18)34-2/h3-13,30H,14H2,1-2H3. The van der Waals surface area contributed by atoms with Crippen LogP contribution >= 0.6 is 11.8 Å². The molecule has 0 aliphatic carbocycles. The summed E-state index contributed by atoms with van der Waals surface area (Å²) in [6, 6.07) is 14.6. The lowest BCUT2D eigenvalue weighted by Crippen LogP contribution is -2.17. The molecule has 0 bridgehead atoms. The fourth-order valence-electron chi connectivity index (χ4n) is 3.29. The maximum Gasteiger partial charge on any atom is 0.237 e. The van der Waals surface area contributed by atoms with Gasteiger partial charge in [0.25, 0.3) is 0 Å². The Hall–Kier alpha value is -3.57. The highest BCUT2D eigenvalue weighted by molar-refractivity contribution is 7.98. The van der Waals surface area contributed by atoms with Crippen LogP contribution in [0.4, 0.5) is 14.5 Å². The second kappa shape index (κ2) is 10.4. The number of aryl methyl sites for hydroxylation is 1. The summed E-state index contributed by atoms with van der Waals surface area (Å²) in [7, 11) is -3.99. The summed E-state index contributed by atoms with van der Waals surface area (Å²) in [4.78, 5) is 12.7. The third-order valence-electron chi connectivity index (χ3n) is 4.87. The molecule has 35 heavy (non-hydrogen) atoms. The minimum absolute atomic E-state index is 0.0112. The van der Waals surface area contributed by atoms with Gasteiger partial charge in [0.2, 0.25) is 21.7 Å². The number of benzene rings is 2. The van der Waals surface area contributed by atoms with Gasteiger partial charge in [-0.15, -0.1) is 0 Å². The van der Waals surface area contributed by atoms with Gasteiger partial charge >= 0.3 is 0 Å². The lowest BCUT2D eigenvalue weighted by molar-refractivity contribution is 0.404. The molecule has 1 N–H and O–H groups in total. The van der Waals surface area contributed by atoms with Gasteiger partial charge in [0.1, 0.15) is 0 Å². The fourth-order valence-corrected chi connectivity index (χ4v) is 4.83. The number of rotatable bonds is 8. The van der Waals surface area contributed by atoms with Gasteiger partial charge in [-0.1, -0.05) is 42.1 Å². The van der Waals surface area contributed by atoms with E-state index in [4.69, 9.17) is 4.74 Å². The van der Waals surface area contributed by atoms with Crippen LogP contribution in [0.5, 0.6) is 11.6 Å². The van der Waals surface area contributed by atoms with E-state index < -0.39 is 33.1 Å². The van der Waals surface area contributed by atoms with Crippen LogP contribution in [0.1, 0.15) is 11.1 Å². The molecule has 7 nitrogen and oxygen atoms in total. The first-order valence-corrected chi connectivity index (χ1v) is 13.2. The Labute approximate surface area is 205 Å². The second-order valence-corrected chi connectivity index (χ2v) is 9.93. The minimum Gasteiger partial charge on any atom is -0.435 e. The van der Waals surface area contributed by atoms with Gasteiger partial charge < -0.3 is 4.74 Å². The van der Waals surface area contributed by atoms with Gasteiger partial charge in [0.05, 0.1) is 22.7 Å². The molecule has 2 heterocycles. The Bertz CT molecular complexity index is 1470. The van der Waals surface area contributed by atoms with E-state index in [1.807, 2.05) is 6.26 Å². The number of ether oxygens (including phenoxy) is 1. The number of pyridine rings is 1. The summed E-state index contributed by atoms with van der Waals surface area (Å²) in [5.41, 5.74) is 1.12. The minimum atomic E-state index is -3.99. The topological polar surface area (TPSA) is 94.1 Å². The summed E-state index contributed by atoms with van der Waals surface area (Å²) in [5, 5.41) is 0.526. The van der Waals surface area contributed by atoms with E-state index >= 15 is 4.39 Å². The molecule has 0 amide bonds. The maximum atomic E-state index is 15.1. The number of hydrogen-bond acceptors (Lipinski definition) is 7. The van der Waals surface area contributed by atoms with Gasteiger partial charge in [-0.05, 0) is 48.6 Å². The zero-order chi connectivity index (χ0) is 25.0. The highest BCUT2D eigenvalue weighted by Crippen LogP contribution is 2.36. The lowest BCUT2D eigenvalue weighted by atomic mass is 10.1. The van der Waals surface area contributed by atoms with Crippen molar-refractivity contribution in [3.05, 3.63) is 89.8 Å². The van der Waals surface area contributed by atoms with E-state index in [2.05, 4.69) is 19.7 Å². The monoisotopic (exact) mass is 514 g/mol. The number of thioether (sulfide) groups is 1. The Kier molecular flexibility index (Phi) is 7.27. The quantitative estimate of drug-likeness (QED) is 0.242. The average Bonchev–Trinajstić information content (AvgIpc) is 2.85. The zero-order valence-corrected chi connectivity index (χ0v) is 20.3. The van der Waals surface area contributed by atoms with E-state index in [0.29, 0.717) is 22.0 Å². The third kappa shape index (κ3) is 5.75. The molecule has 11 heteroatoms. The molecule has 0 fully saturated rings. The zero-order valence-electron chi connectivity index (χ0n) is 18.7. The number of anilines is 1. The molecule has 0 saturated heterocycles. The van der Waals surface area contributed by atoms with Gasteiger partial charge in [0, 0.05) is 12.4 Å². The number of hydrogen-bond donors (Lipinski definition) is 1. The molecule has 0 spiro atoms. The number of aromatic nitrogens is 3. The highest BCUT2D eigenvalue weighted by atomic mass is 32.2. The average molecular weight is 515 g/mol. The molecule has 0 atom stereocenters.